The van der Waals surface area contributed by atoms with Crippen molar-refractivity contribution in [2.45, 2.75) is 19.6 Å². The molecule has 0 amide bonds. The van der Waals surface area contributed by atoms with E-state index in [4.69, 9.17) is 14.2 Å². The minimum absolute atomic E-state index is 0.00754. The van der Waals surface area contributed by atoms with Crippen LogP contribution in [0.5, 0.6) is 11.5 Å². The fourth-order valence-corrected chi connectivity index (χ4v) is 2.77. The molecule has 0 N–H and O–H groups in total. The first-order valence-electron chi connectivity index (χ1n) is 8.14. The van der Waals surface area contributed by atoms with Crippen molar-refractivity contribution in [3.63, 3.8) is 0 Å². The Bertz CT molecular complexity index is 956. The number of benzene rings is 2. The molecule has 1 heterocycles. The molecule has 0 saturated carbocycles. The molecule has 27 heavy (non-hydrogen) atoms. The van der Waals surface area contributed by atoms with E-state index >= 15 is 0 Å². The SMILES string of the molecule is COc1ccc(CC(=O)OCc2nc3ccccc3n2C(F)F)cc1OC. The summed E-state index contributed by atoms with van der Waals surface area (Å²) in [5.41, 5.74) is 1.36. The zero-order chi connectivity index (χ0) is 19.4. The van der Waals surface area contributed by atoms with Gasteiger partial charge in [0.05, 0.1) is 31.7 Å². The standard InChI is InChI=1S/C19H18F2N2O4/c1-25-15-8-7-12(9-16(15)26-2)10-18(24)27-11-17-22-13-5-3-4-6-14(13)23(17)19(20)21/h3-9,19H,10-11H2,1-2H3. The molecule has 0 bridgehead atoms. The van der Waals surface area contributed by atoms with E-state index in [1.54, 1.807) is 42.5 Å². The lowest BCUT2D eigenvalue weighted by atomic mass is 10.1. The Kier molecular flexibility index (Phi) is 5.54. The summed E-state index contributed by atoms with van der Waals surface area (Å²) in [7, 11) is 3.01. The third-order valence-electron chi connectivity index (χ3n) is 4.02. The molecule has 0 aliphatic carbocycles. The van der Waals surface area contributed by atoms with Gasteiger partial charge < -0.3 is 14.2 Å². The van der Waals surface area contributed by atoms with Crippen LogP contribution >= 0.6 is 0 Å². The third kappa shape index (κ3) is 3.99. The van der Waals surface area contributed by atoms with E-state index in [-0.39, 0.29) is 18.9 Å². The van der Waals surface area contributed by atoms with Gasteiger partial charge in [0, 0.05) is 0 Å². The number of esters is 1. The zero-order valence-electron chi connectivity index (χ0n) is 14.8. The Hall–Kier alpha value is -3.16. The van der Waals surface area contributed by atoms with Gasteiger partial charge in [-0.15, -0.1) is 0 Å². The Morgan fingerprint density at radius 2 is 1.85 bits per heavy atom. The molecule has 0 aliphatic rings. The lowest BCUT2D eigenvalue weighted by molar-refractivity contribution is -0.144. The molecule has 0 aliphatic heterocycles. The summed E-state index contributed by atoms with van der Waals surface area (Å²) < 4.78 is 43.0. The van der Waals surface area contributed by atoms with Crippen LogP contribution in [-0.2, 0) is 22.6 Å². The highest BCUT2D eigenvalue weighted by Crippen LogP contribution is 2.28. The van der Waals surface area contributed by atoms with E-state index in [1.165, 1.54) is 14.2 Å². The van der Waals surface area contributed by atoms with Crippen molar-refractivity contribution < 1.29 is 27.8 Å². The molecule has 6 nitrogen and oxygen atoms in total. The molecule has 0 spiro atoms. The summed E-state index contributed by atoms with van der Waals surface area (Å²) >= 11 is 0. The molecule has 142 valence electrons. The number of halogens is 2. The number of hydrogen-bond donors (Lipinski definition) is 0. The van der Waals surface area contributed by atoms with Gasteiger partial charge in [-0.05, 0) is 29.8 Å². The highest BCUT2D eigenvalue weighted by molar-refractivity contribution is 5.76. The Labute approximate surface area is 154 Å². The molecule has 0 saturated heterocycles. The summed E-state index contributed by atoms with van der Waals surface area (Å²) in [6.07, 6.45) is -0.0325. The van der Waals surface area contributed by atoms with Crippen LogP contribution in [0.2, 0.25) is 0 Å². The quantitative estimate of drug-likeness (QED) is 0.588. The monoisotopic (exact) mass is 376 g/mol. The maximum Gasteiger partial charge on any atom is 0.320 e. The van der Waals surface area contributed by atoms with Gasteiger partial charge in [-0.3, -0.25) is 9.36 Å². The normalized spacial score (nSPS) is 11.0. The predicted octanol–water partition coefficient (Wildman–Crippen LogP) is 3.73. The average Bonchev–Trinajstić information content (AvgIpc) is 3.05. The van der Waals surface area contributed by atoms with E-state index in [2.05, 4.69) is 4.98 Å². The smallest absolute Gasteiger partial charge is 0.320 e. The number of aromatic nitrogens is 2. The molecule has 2 aromatic carbocycles. The summed E-state index contributed by atoms with van der Waals surface area (Å²) in [4.78, 5) is 16.2. The van der Waals surface area contributed by atoms with Gasteiger partial charge in [-0.2, -0.15) is 8.78 Å². The van der Waals surface area contributed by atoms with Gasteiger partial charge in [-0.25, -0.2) is 4.98 Å². The number of alkyl halides is 2. The predicted molar refractivity (Wildman–Crippen MR) is 94.0 cm³/mol. The van der Waals surface area contributed by atoms with Crippen molar-refractivity contribution >= 4 is 17.0 Å². The fourth-order valence-electron chi connectivity index (χ4n) is 2.77. The fraction of sp³-hybridized carbons (Fsp3) is 0.263. The Morgan fingerprint density at radius 3 is 2.56 bits per heavy atom. The van der Waals surface area contributed by atoms with E-state index < -0.39 is 12.5 Å². The minimum Gasteiger partial charge on any atom is -0.493 e. The number of hydrogen-bond acceptors (Lipinski definition) is 5. The van der Waals surface area contributed by atoms with Crippen LogP contribution < -0.4 is 9.47 Å². The maximum atomic E-state index is 13.4. The summed E-state index contributed by atoms with van der Waals surface area (Å²) in [6, 6.07) is 11.6. The molecular formula is C19H18F2N2O4. The van der Waals surface area contributed by atoms with Crippen LogP contribution in [0.4, 0.5) is 8.78 Å². The molecule has 1 aromatic heterocycles. The van der Waals surface area contributed by atoms with Gasteiger partial charge in [0.25, 0.3) is 0 Å². The summed E-state index contributed by atoms with van der Waals surface area (Å²) in [6.45, 7) is -3.12. The number of nitrogens with zero attached hydrogens (tertiary/aromatic N) is 2. The van der Waals surface area contributed by atoms with Crippen LogP contribution in [0, 0.1) is 0 Å². The lowest BCUT2D eigenvalue weighted by Gasteiger charge is -2.10. The number of carbonyl (C=O) groups excluding carboxylic acids is 1. The second-order valence-corrected chi connectivity index (χ2v) is 5.69. The molecule has 0 atom stereocenters. The van der Waals surface area contributed by atoms with Gasteiger partial charge in [-0.1, -0.05) is 18.2 Å². The van der Waals surface area contributed by atoms with Crippen LogP contribution in [0.3, 0.4) is 0 Å². The first-order valence-corrected chi connectivity index (χ1v) is 8.14. The minimum atomic E-state index is -2.78. The van der Waals surface area contributed by atoms with Gasteiger partial charge >= 0.3 is 12.5 Å². The van der Waals surface area contributed by atoms with Crippen LogP contribution in [0.25, 0.3) is 11.0 Å². The van der Waals surface area contributed by atoms with Crippen molar-refractivity contribution in [2.75, 3.05) is 14.2 Å². The Balaban J connectivity index is 1.71. The number of fused-ring (bicyclic) bond motifs is 1. The molecule has 0 radical (unpaired) electrons. The van der Waals surface area contributed by atoms with Crippen LogP contribution in [-0.4, -0.2) is 29.7 Å². The summed E-state index contributed by atoms with van der Waals surface area (Å²) in [5, 5.41) is 0. The number of methoxy groups -OCH3 is 2. The number of ether oxygens (including phenoxy) is 3. The summed E-state index contributed by atoms with van der Waals surface area (Å²) in [5.74, 6) is 0.463. The van der Waals surface area contributed by atoms with Gasteiger partial charge in [0.1, 0.15) is 6.61 Å². The van der Waals surface area contributed by atoms with Crippen LogP contribution in [0.15, 0.2) is 42.5 Å². The van der Waals surface area contributed by atoms with Crippen molar-refractivity contribution in [2.24, 2.45) is 0 Å². The van der Waals surface area contributed by atoms with Crippen LogP contribution in [0.1, 0.15) is 17.9 Å². The molecule has 8 heteroatoms. The second kappa shape index (κ2) is 8.03. The van der Waals surface area contributed by atoms with E-state index in [1.807, 2.05) is 0 Å². The average molecular weight is 376 g/mol. The number of imidazole rings is 1. The zero-order valence-corrected chi connectivity index (χ0v) is 14.8. The van der Waals surface area contributed by atoms with Crippen molar-refractivity contribution in [1.82, 2.24) is 9.55 Å². The van der Waals surface area contributed by atoms with Crippen molar-refractivity contribution in [3.05, 3.63) is 53.9 Å². The molecule has 3 rings (SSSR count). The highest BCUT2D eigenvalue weighted by atomic mass is 19.3. The highest BCUT2D eigenvalue weighted by Gasteiger charge is 2.19. The number of carbonyl (C=O) groups is 1. The molecule has 3 aromatic rings. The first-order chi connectivity index (χ1) is 13.0. The van der Waals surface area contributed by atoms with E-state index in [0.29, 0.717) is 28.1 Å². The van der Waals surface area contributed by atoms with E-state index in [9.17, 15) is 13.6 Å². The number of rotatable bonds is 7. The number of para-hydroxylation sites is 2. The molecule has 0 fully saturated rings. The van der Waals surface area contributed by atoms with Gasteiger partial charge in [0.2, 0.25) is 0 Å². The topological polar surface area (TPSA) is 62.6 Å². The Morgan fingerprint density at radius 1 is 1.11 bits per heavy atom. The third-order valence-corrected chi connectivity index (χ3v) is 4.02. The largest absolute Gasteiger partial charge is 0.493 e. The first kappa shape index (κ1) is 18.6. The maximum absolute atomic E-state index is 13.4. The lowest BCUT2D eigenvalue weighted by Crippen LogP contribution is -2.12. The second-order valence-electron chi connectivity index (χ2n) is 5.69. The van der Waals surface area contributed by atoms with Gasteiger partial charge in [0.15, 0.2) is 17.3 Å². The van der Waals surface area contributed by atoms with Crippen molar-refractivity contribution in [3.8, 4) is 11.5 Å². The van der Waals surface area contributed by atoms with E-state index in [0.717, 1.165) is 4.57 Å². The van der Waals surface area contributed by atoms with Crippen molar-refractivity contribution in [1.29, 1.82) is 0 Å². The molecule has 0 unspecified atom stereocenters. The molecular weight excluding hydrogens is 358 g/mol.